The summed E-state index contributed by atoms with van der Waals surface area (Å²) < 4.78 is 53.0. The predicted molar refractivity (Wildman–Crippen MR) is 287 cm³/mol. The van der Waals surface area contributed by atoms with E-state index in [1.807, 2.05) is 24.3 Å². The molecule has 0 saturated carbocycles. The highest BCUT2D eigenvalue weighted by atomic mass is 32.2. The molecule has 12 nitrogen and oxygen atoms in total. The Morgan fingerprint density at radius 1 is 0.312 bits per heavy atom. The summed E-state index contributed by atoms with van der Waals surface area (Å²) >= 11 is 13.7. The van der Waals surface area contributed by atoms with Crippen LogP contribution >= 0.6 is 94.1 Å². The molecule has 0 unspecified atom stereocenters. The van der Waals surface area contributed by atoms with Crippen molar-refractivity contribution >= 4 is 139 Å². The Bertz CT molecular complexity index is 2010. The van der Waals surface area contributed by atoms with Crippen LogP contribution in [0.3, 0.4) is 0 Å². The van der Waals surface area contributed by atoms with Crippen LogP contribution in [0.1, 0.15) is 22.8 Å². The summed E-state index contributed by atoms with van der Waals surface area (Å²) in [7, 11) is 0. The molecule has 0 aromatic carbocycles. The highest BCUT2D eigenvalue weighted by Crippen LogP contribution is 2.44. The lowest BCUT2D eigenvalue weighted by Crippen LogP contribution is -2.04. The van der Waals surface area contributed by atoms with E-state index in [4.69, 9.17) is 47.9 Å². The molecule has 5 heterocycles. The molecule has 0 radical (unpaired) electrons. The Morgan fingerprint density at radius 3 is 0.781 bits per heavy atom. The first-order chi connectivity index (χ1) is 31.5. The molecule has 0 fully saturated rings. The SMILES string of the molecule is CSCCOC1=C(OCCSC)c2cc3[nH]c(cc4[nH]c(cc5nc(cc1n2)C(OCCSC)=C5OCCSC)c(OCCSC)c4OCCSC)c(OCCSC)c3OCCSC. The molecule has 2 N–H and O–H groups in total. The number of fused-ring (bicyclic) bond motifs is 8. The Hall–Kier alpha value is -2.20. The maximum Gasteiger partial charge on any atom is 0.189 e. The number of H-pyrrole nitrogens is 2. The van der Waals surface area contributed by atoms with Crippen LogP contribution in [-0.4, -0.2) is 169 Å². The van der Waals surface area contributed by atoms with Gasteiger partial charge in [-0.15, -0.1) is 0 Å². The average Bonchev–Trinajstić information content (AvgIpc) is 3.99. The first kappa shape index (κ1) is 52.8. The van der Waals surface area contributed by atoms with E-state index < -0.39 is 0 Å². The minimum Gasteiger partial charge on any atom is -0.487 e. The van der Waals surface area contributed by atoms with Gasteiger partial charge in [0.1, 0.15) is 22.8 Å². The van der Waals surface area contributed by atoms with Gasteiger partial charge in [-0.2, -0.15) is 94.1 Å². The van der Waals surface area contributed by atoms with Crippen LogP contribution in [0, 0.1) is 0 Å². The minimum absolute atomic E-state index is 0.452. The second kappa shape index (κ2) is 29.5. The smallest absolute Gasteiger partial charge is 0.189 e. The van der Waals surface area contributed by atoms with E-state index >= 15 is 0 Å². The Labute approximate surface area is 412 Å². The second-order valence-corrected chi connectivity index (χ2v) is 21.5. The topological polar surface area (TPSA) is 131 Å². The zero-order valence-corrected chi connectivity index (χ0v) is 44.6. The summed E-state index contributed by atoms with van der Waals surface area (Å²) in [5.74, 6) is 10.7. The number of hydrogen-bond acceptors (Lipinski definition) is 18. The monoisotopic (exact) mass is 1030 g/mol. The van der Waals surface area contributed by atoms with Crippen LogP contribution in [-0.2, 0) is 18.9 Å². The molecule has 0 amide bonds. The van der Waals surface area contributed by atoms with Crippen molar-refractivity contribution in [1.82, 2.24) is 19.9 Å². The van der Waals surface area contributed by atoms with Crippen molar-refractivity contribution in [2.45, 2.75) is 0 Å². The molecule has 2 aliphatic rings. The fraction of sp³-hybridized carbons (Fsp3) is 0.545. The van der Waals surface area contributed by atoms with Crippen LogP contribution in [0.5, 0.6) is 23.0 Å². The fourth-order valence-electron chi connectivity index (χ4n) is 6.23. The third-order valence-electron chi connectivity index (χ3n) is 9.15. The molecule has 8 bridgehead atoms. The number of hydrogen-bond donors (Lipinski definition) is 2. The van der Waals surface area contributed by atoms with E-state index in [0.717, 1.165) is 46.0 Å². The van der Waals surface area contributed by atoms with Crippen molar-refractivity contribution in [3.63, 3.8) is 0 Å². The van der Waals surface area contributed by atoms with E-state index in [2.05, 4.69) is 60.0 Å². The molecule has 3 aromatic heterocycles. The summed E-state index contributed by atoms with van der Waals surface area (Å²) in [6.07, 6.45) is 16.5. The highest BCUT2D eigenvalue weighted by Gasteiger charge is 2.30. The average molecular weight is 1030 g/mol. The molecule has 0 aliphatic carbocycles. The summed E-state index contributed by atoms with van der Waals surface area (Å²) in [6, 6.07) is 7.85. The zero-order valence-electron chi connectivity index (χ0n) is 38.0. The first-order valence-electron chi connectivity index (χ1n) is 20.7. The maximum absolute atomic E-state index is 6.64. The van der Waals surface area contributed by atoms with E-state index in [1.54, 1.807) is 94.1 Å². The number of aromatic nitrogens is 4. The number of rotatable bonds is 32. The first-order valence-corrected chi connectivity index (χ1v) is 31.9. The van der Waals surface area contributed by atoms with Crippen LogP contribution in [0.4, 0.5) is 0 Å². The fourth-order valence-corrected chi connectivity index (χ4v) is 8.23. The highest BCUT2D eigenvalue weighted by molar-refractivity contribution is 7.99. The second-order valence-electron chi connectivity index (χ2n) is 13.6. The minimum atomic E-state index is 0.452. The van der Waals surface area contributed by atoms with Crippen LogP contribution in [0.2, 0.25) is 0 Å². The molecule has 0 saturated heterocycles. The Kier molecular flexibility index (Phi) is 24.3. The normalized spacial score (nSPS) is 12.5. The molecular weight excluding hydrogens is 969 g/mol. The van der Waals surface area contributed by atoms with Gasteiger partial charge in [-0.1, -0.05) is 0 Å². The van der Waals surface area contributed by atoms with Crippen molar-refractivity contribution in [3.8, 4) is 23.0 Å². The van der Waals surface area contributed by atoms with E-state index in [0.29, 0.717) is 144 Å². The van der Waals surface area contributed by atoms with Crippen molar-refractivity contribution in [1.29, 1.82) is 0 Å². The van der Waals surface area contributed by atoms with Gasteiger partial charge in [0.2, 0.25) is 0 Å². The predicted octanol–water partition coefficient (Wildman–Crippen LogP) is 10.5. The number of nitrogens with one attached hydrogen (secondary N) is 2. The van der Waals surface area contributed by atoms with E-state index in [-0.39, 0.29) is 0 Å². The summed E-state index contributed by atoms with van der Waals surface area (Å²) in [5.41, 5.74) is 4.99. The molecule has 2 aliphatic heterocycles. The van der Waals surface area contributed by atoms with Crippen molar-refractivity contribution in [2.24, 2.45) is 0 Å². The molecule has 0 spiro atoms. The van der Waals surface area contributed by atoms with E-state index in [9.17, 15) is 0 Å². The van der Waals surface area contributed by atoms with Crippen molar-refractivity contribution in [3.05, 3.63) is 47.0 Å². The molecule has 5 rings (SSSR count). The maximum atomic E-state index is 6.64. The van der Waals surface area contributed by atoms with Gasteiger partial charge >= 0.3 is 0 Å². The van der Waals surface area contributed by atoms with Gasteiger partial charge in [0.05, 0.1) is 74.9 Å². The largest absolute Gasteiger partial charge is 0.487 e. The van der Waals surface area contributed by atoms with Crippen molar-refractivity contribution < 1.29 is 37.9 Å². The van der Waals surface area contributed by atoms with Gasteiger partial charge in [-0.25, -0.2) is 9.97 Å². The third kappa shape index (κ3) is 14.9. The molecular formula is C44H62N4O8S8. The third-order valence-corrected chi connectivity index (χ3v) is 13.7. The Morgan fingerprint density at radius 2 is 0.531 bits per heavy atom. The lowest BCUT2D eigenvalue weighted by molar-refractivity contribution is 0.266. The van der Waals surface area contributed by atoms with Crippen LogP contribution in [0.15, 0.2) is 24.3 Å². The molecule has 0 atom stereocenters. The quantitative estimate of drug-likeness (QED) is 0.0575. The van der Waals surface area contributed by atoms with Gasteiger partial charge in [0, 0.05) is 46.0 Å². The summed E-state index contributed by atoms with van der Waals surface area (Å²) in [5, 5.41) is 0. The van der Waals surface area contributed by atoms with Gasteiger partial charge < -0.3 is 47.9 Å². The standard InChI is InChI=1S/C44H62N4O8S8/c1-57-17-9-49-37-29-25-31-39(51-11-19-59-3)41(53-13-21-61-5)33(46-31)27-35-43(55-15-23-63-7)44(56-16-24-64-8)36(48-35)28-34-42(54-14-22-62-6)40(52-12-20-60-4)32(47-34)26-30(45-29)38(37)50-10-18-58-2/h25-28,45-46H,9-24H2,1-8H3. The lowest BCUT2D eigenvalue weighted by Gasteiger charge is -2.12. The number of ether oxygens (including phenoxy) is 8. The molecule has 354 valence electrons. The summed E-state index contributed by atoms with van der Waals surface area (Å²) in [4.78, 5) is 17.9. The van der Waals surface area contributed by atoms with Crippen LogP contribution < -0.4 is 18.9 Å². The van der Waals surface area contributed by atoms with Crippen LogP contribution in [0.25, 0.3) is 45.1 Å². The molecule has 3 aromatic rings. The number of aromatic amines is 2. The van der Waals surface area contributed by atoms with Gasteiger partial charge in [0.25, 0.3) is 0 Å². The Balaban J connectivity index is 1.99. The number of nitrogens with zero attached hydrogens (tertiary/aromatic N) is 2. The molecule has 20 heteroatoms. The van der Waals surface area contributed by atoms with Gasteiger partial charge in [-0.3, -0.25) is 0 Å². The zero-order chi connectivity index (χ0) is 45.5. The van der Waals surface area contributed by atoms with Gasteiger partial charge in [0.15, 0.2) is 46.0 Å². The summed E-state index contributed by atoms with van der Waals surface area (Å²) in [6.45, 7) is 3.69. The lowest BCUT2D eigenvalue weighted by atomic mass is 10.2. The van der Waals surface area contributed by atoms with E-state index in [1.165, 1.54) is 0 Å². The van der Waals surface area contributed by atoms with Gasteiger partial charge in [-0.05, 0) is 74.3 Å². The number of thioether (sulfide) groups is 8. The van der Waals surface area contributed by atoms with Crippen molar-refractivity contribution in [2.75, 3.05) is 149 Å². The molecule has 64 heavy (non-hydrogen) atoms.